The molecular weight excluding hydrogens is 482 g/mol. The van der Waals surface area contributed by atoms with E-state index in [0.717, 1.165) is 20.2 Å². The normalized spacial score (nSPS) is 15.5. The summed E-state index contributed by atoms with van der Waals surface area (Å²) in [5.74, 6) is -1.05. The Hall–Kier alpha value is -2.20. The van der Waals surface area contributed by atoms with Crippen LogP contribution in [-0.2, 0) is 4.79 Å². The number of nitrogens with one attached hydrogen (secondary N) is 1. The summed E-state index contributed by atoms with van der Waals surface area (Å²) in [4.78, 5) is 38.0. The summed E-state index contributed by atoms with van der Waals surface area (Å²) in [6.45, 7) is 0.243. The standard InChI is InChI=1S/C19H14FIN2O3S/c20-14-6-4-12(5-7-14)10-16-18(25)23(19(26)27-16)9-8-22-17(24)13-2-1-3-15(21)11-13/h1-7,10-11H,8-9H2,(H,22,24)/b16-10-. The van der Waals surface area contributed by atoms with Gasteiger partial charge in [-0.2, -0.15) is 0 Å². The van der Waals surface area contributed by atoms with Crippen LogP contribution in [0.5, 0.6) is 0 Å². The first-order valence-corrected chi connectivity index (χ1v) is 9.88. The molecule has 1 fully saturated rings. The molecule has 3 rings (SSSR count). The summed E-state index contributed by atoms with van der Waals surface area (Å²) in [7, 11) is 0. The van der Waals surface area contributed by atoms with E-state index in [9.17, 15) is 18.8 Å². The van der Waals surface area contributed by atoms with Gasteiger partial charge in [0.25, 0.3) is 17.1 Å². The smallest absolute Gasteiger partial charge is 0.293 e. The lowest BCUT2D eigenvalue weighted by molar-refractivity contribution is -0.122. The van der Waals surface area contributed by atoms with E-state index in [4.69, 9.17) is 0 Å². The number of amides is 3. The third-order valence-corrected chi connectivity index (χ3v) is 5.33. The third kappa shape index (κ3) is 4.95. The maximum Gasteiger partial charge on any atom is 0.293 e. The van der Waals surface area contributed by atoms with E-state index in [-0.39, 0.29) is 29.7 Å². The van der Waals surface area contributed by atoms with Crippen LogP contribution in [0.1, 0.15) is 15.9 Å². The molecule has 2 aromatic rings. The molecule has 5 nitrogen and oxygen atoms in total. The number of imide groups is 1. The number of carbonyl (C=O) groups excluding carboxylic acids is 3. The van der Waals surface area contributed by atoms with Gasteiger partial charge in [0.15, 0.2) is 0 Å². The van der Waals surface area contributed by atoms with Crippen molar-refractivity contribution in [1.29, 1.82) is 0 Å². The average molecular weight is 496 g/mol. The van der Waals surface area contributed by atoms with Crippen LogP contribution in [0.25, 0.3) is 6.08 Å². The second-order valence-electron chi connectivity index (χ2n) is 5.65. The molecule has 2 aromatic carbocycles. The zero-order valence-electron chi connectivity index (χ0n) is 13.9. The first kappa shape index (κ1) is 19.6. The summed E-state index contributed by atoms with van der Waals surface area (Å²) < 4.78 is 13.9. The number of hydrogen-bond donors (Lipinski definition) is 1. The van der Waals surface area contributed by atoms with Crippen LogP contribution in [0, 0.1) is 9.39 Å². The Morgan fingerprint density at radius 3 is 2.63 bits per heavy atom. The molecule has 0 bridgehead atoms. The lowest BCUT2D eigenvalue weighted by atomic mass is 10.2. The zero-order chi connectivity index (χ0) is 19.4. The van der Waals surface area contributed by atoms with E-state index in [1.54, 1.807) is 24.3 Å². The molecule has 0 radical (unpaired) electrons. The molecule has 27 heavy (non-hydrogen) atoms. The monoisotopic (exact) mass is 496 g/mol. The predicted octanol–water partition coefficient (Wildman–Crippen LogP) is 3.90. The van der Waals surface area contributed by atoms with Crippen LogP contribution >= 0.6 is 34.4 Å². The quantitative estimate of drug-likeness (QED) is 0.504. The van der Waals surface area contributed by atoms with Gasteiger partial charge in [0.05, 0.1) is 4.91 Å². The molecule has 1 aliphatic heterocycles. The van der Waals surface area contributed by atoms with Gasteiger partial charge < -0.3 is 5.32 Å². The molecular formula is C19H14FIN2O3S. The van der Waals surface area contributed by atoms with Gasteiger partial charge in [-0.05, 0) is 76.3 Å². The highest BCUT2D eigenvalue weighted by Crippen LogP contribution is 2.31. The molecule has 3 amide bonds. The zero-order valence-corrected chi connectivity index (χ0v) is 16.9. The van der Waals surface area contributed by atoms with Gasteiger partial charge in [-0.25, -0.2) is 4.39 Å². The van der Waals surface area contributed by atoms with Crippen molar-refractivity contribution in [1.82, 2.24) is 10.2 Å². The fourth-order valence-corrected chi connectivity index (χ4v) is 3.82. The minimum atomic E-state index is -0.419. The second-order valence-corrected chi connectivity index (χ2v) is 7.89. The molecule has 0 spiro atoms. The van der Waals surface area contributed by atoms with Crippen LogP contribution in [0.15, 0.2) is 53.4 Å². The lowest BCUT2D eigenvalue weighted by Crippen LogP contribution is -2.37. The van der Waals surface area contributed by atoms with E-state index in [1.807, 2.05) is 6.07 Å². The van der Waals surface area contributed by atoms with E-state index >= 15 is 0 Å². The highest BCUT2D eigenvalue weighted by atomic mass is 127. The van der Waals surface area contributed by atoms with Gasteiger partial charge in [-0.15, -0.1) is 0 Å². The SMILES string of the molecule is O=C(NCCN1C(=O)S/C(=C\c2ccc(F)cc2)C1=O)c1cccc(I)c1. The molecule has 0 aliphatic carbocycles. The number of rotatable bonds is 5. The number of halogens is 2. The predicted molar refractivity (Wildman–Crippen MR) is 111 cm³/mol. The van der Waals surface area contributed by atoms with Crippen molar-refractivity contribution in [2.75, 3.05) is 13.1 Å². The fourth-order valence-electron chi connectivity index (χ4n) is 2.42. The average Bonchev–Trinajstić information content (AvgIpc) is 2.91. The van der Waals surface area contributed by atoms with Crippen LogP contribution in [-0.4, -0.2) is 35.0 Å². The summed E-state index contributed by atoms with van der Waals surface area (Å²) >= 11 is 2.95. The lowest BCUT2D eigenvalue weighted by Gasteiger charge is -2.13. The van der Waals surface area contributed by atoms with Crippen molar-refractivity contribution >= 4 is 57.5 Å². The molecule has 0 atom stereocenters. The highest BCUT2D eigenvalue weighted by molar-refractivity contribution is 14.1. The maximum absolute atomic E-state index is 13.0. The summed E-state index contributed by atoms with van der Waals surface area (Å²) in [6.07, 6.45) is 1.55. The Bertz CT molecular complexity index is 931. The topological polar surface area (TPSA) is 66.5 Å². The Kier molecular flexibility index (Phi) is 6.27. The molecule has 1 aliphatic rings. The van der Waals surface area contributed by atoms with Crippen molar-refractivity contribution < 1.29 is 18.8 Å². The number of benzene rings is 2. The van der Waals surface area contributed by atoms with Gasteiger partial charge in [0.2, 0.25) is 0 Å². The van der Waals surface area contributed by atoms with Crippen LogP contribution in [0.2, 0.25) is 0 Å². The largest absolute Gasteiger partial charge is 0.350 e. The second kappa shape index (κ2) is 8.66. The Labute approximate surface area is 173 Å². The minimum absolute atomic E-state index is 0.0844. The van der Waals surface area contributed by atoms with Crippen molar-refractivity contribution in [3.63, 3.8) is 0 Å². The maximum atomic E-state index is 13.0. The van der Waals surface area contributed by atoms with Gasteiger partial charge in [0, 0.05) is 22.2 Å². The minimum Gasteiger partial charge on any atom is -0.350 e. The van der Waals surface area contributed by atoms with Crippen molar-refractivity contribution in [2.24, 2.45) is 0 Å². The molecule has 138 valence electrons. The van der Waals surface area contributed by atoms with E-state index in [0.29, 0.717) is 11.1 Å². The van der Waals surface area contributed by atoms with Crippen molar-refractivity contribution in [3.8, 4) is 0 Å². The highest BCUT2D eigenvalue weighted by Gasteiger charge is 2.34. The van der Waals surface area contributed by atoms with Gasteiger partial charge >= 0.3 is 0 Å². The van der Waals surface area contributed by atoms with Gasteiger partial charge in [-0.3, -0.25) is 19.3 Å². The van der Waals surface area contributed by atoms with E-state index in [2.05, 4.69) is 27.9 Å². The number of carbonyl (C=O) groups is 3. The molecule has 8 heteroatoms. The number of thioether (sulfide) groups is 1. The molecule has 1 N–H and O–H groups in total. The van der Waals surface area contributed by atoms with Crippen LogP contribution in [0.4, 0.5) is 9.18 Å². The molecule has 0 saturated carbocycles. The Morgan fingerprint density at radius 2 is 1.93 bits per heavy atom. The summed E-state index contributed by atoms with van der Waals surface area (Å²) in [5.41, 5.74) is 1.15. The molecule has 0 unspecified atom stereocenters. The first-order chi connectivity index (χ1) is 12.9. The van der Waals surface area contributed by atoms with Gasteiger partial charge in [-0.1, -0.05) is 18.2 Å². The number of nitrogens with zero attached hydrogens (tertiary/aromatic N) is 1. The Balaban J connectivity index is 1.59. The first-order valence-electron chi connectivity index (χ1n) is 7.99. The molecule has 1 saturated heterocycles. The van der Waals surface area contributed by atoms with E-state index in [1.165, 1.54) is 24.3 Å². The number of hydrogen-bond acceptors (Lipinski definition) is 4. The summed E-state index contributed by atoms with van der Waals surface area (Å²) in [6, 6.07) is 12.8. The van der Waals surface area contributed by atoms with Crippen molar-refractivity contribution in [3.05, 3.63) is 74.0 Å². The van der Waals surface area contributed by atoms with Crippen LogP contribution < -0.4 is 5.32 Å². The summed E-state index contributed by atoms with van der Waals surface area (Å²) in [5, 5.41) is 2.31. The van der Waals surface area contributed by atoms with Crippen molar-refractivity contribution in [2.45, 2.75) is 0 Å². The Morgan fingerprint density at radius 1 is 1.19 bits per heavy atom. The molecule has 0 aromatic heterocycles. The van der Waals surface area contributed by atoms with E-state index < -0.39 is 11.1 Å². The fraction of sp³-hybridized carbons (Fsp3) is 0.105. The van der Waals surface area contributed by atoms with Crippen LogP contribution in [0.3, 0.4) is 0 Å². The van der Waals surface area contributed by atoms with Gasteiger partial charge in [0.1, 0.15) is 5.82 Å². The third-order valence-electron chi connectivity index (χ3n) is 3.75. The molecule has 1 heterocycles.